The van der Waals surface area contributed by atoms with Crippen LogP contribution in [0.5, 0.6) is 11.5 Å². The van der Waals surface area contributed by atoms with Gasteiger partial charge in [-0.1, -0.05) is 53.2 Å². The number of aromatic hydroxyl groups is 2. The van der Waals surface area contributed by atoms with E-state index in [9.17, 15) is 10.2 Å². The third-order valence-corrected chi connectivity index (χ3v) is 8.16. The van der Waals surface area contributed by atoms with Crippen LogP contribution in [0.1, 0.15) is 104 Å². The van der Waals surface area contributed by atoms with Crippen LogP contribution in [-0.2, 0) is 13.1 Å². The van der Waals surface area contributed by atoms with E-state index < -0.39 is 0 Å². The molecule has 2 aromatic rings. The normalized spacial score (nSPS) is 17.6. The predicted octanol–water partition coefficient (Wildman–Crippen LogP) is 7.06. The van der Waals surface area contributed by atoms with Crippen molar-refractivity contribution in [3.63, 3.8) is 0 Å². The molecule has 1 heterocycles. The molecule has 1 unspecified atom stereocenters. The summed E-state index contributed by atoms with van der Waals surface area (Å²) in [4.78, 5) is 5.20. The number of aryl methyl sites for hydroxylation is 2. The lowest BCUT2D eigenvalue weighted by Crippen LogP contribution is -2.52. The molecule has 1 aliphatic rings. The molecule has 0 saturated carbocycles. The van der Waals surface area contributed by atoms with Crippen molar-refractivity contribution in [3.05, 3.63) is 56.6 Å². The molecule has 2 N–H and O–H groups in total. The summed E-state index contributed by atoms with van der Waals surface area (Å²) in [5.74, 6) is 1.58. The summed E-state index contributed by atoms with van der Waals surface area (Å²) in [6.07, 6.45) is 2.33. The van der Waals surface area contributed by atoms with Crippen molar-refractivity contribution >= 4 is 0 Å². The zero-order valence-corrected chi connectivity index (χ0v) is 23.6. The molecular weight excluding hydrogens is 432 g/mol. The molecule has 0 bridgehead atoms. The van der Waals surface area contributed by atoms with Crippen LogP contribution < -0.4 is 0 Å². The van der Waals surface area contributed by atoms with Gasteiger partial charge >= 0.3 is 0 Å². The van der Waals surface area contributed by atoms with Gasteiger partial charge in [-0.25, -0.2) is 0 Å². The summed E-state index contributed by atoms with van der Waals surface area (Å²) in [5.41, 5.74) is 9.30. The smallest absolute Gasteiger partial charge is 0.122 e. The van der Waals surface area contributed by atoms with E-state index in [1.807, 2.05) is 0 Å². The van der Waals surface area contributed by atoms with E-state index in [1.165, 1.54) is 28.7 Å². The molecule has 3 rings (SSSR count). The number of phenolic OH excluding ortho intramolecular Hbond substituents is 2. The van der Waals surface area contributed by atoms with Crippen LogP contribution in [0.15, 0.2) is 12.1 Å². The van der Waals surface area contributed by atoms with Gasteiger partial charge in [-0.15, -0.1) is 0 Å². The van der Waals surface area contributed by atoms with Gasteiger partial charge in [0.15, 0.2) is 0 Å². The number of nitrogens with zero attached hydrogens (tertiary/aromatic N) is 2. The summed E-state index contributed by atoms with van der Waals surface area (Å²) < 4.78 is 0. The number of benzene rings is 2. The topological polar surface area (TPSA) is 46.9 Å². The van der Waals surface area contributed by atoms with Gasteiger partial charge in [-0.05, 0) is 90.5 Å². The molecule has 4 heteroatoms. The Kier molecular flexibility index (Phi) is 8.93. The average molecular weight is 481 g/mol. The summed E-state index contributed by atoms with van der Waals surface area (Å²) in [7, 11) is 0. The van der Waals surface area contributed by atoms with E-state index in [2.05, 4.69) is 84.2 Å². The summed E-state index contributed by atoms with van der Waals surface area (Å²) in [6.45, 7) is 24.2. The van der Waals surface area contributed by atoms with Gasteiger partial charge in [-0.3, -0.25) is 9.80 Å². The third kappa shape index (κ3) is 5.86. The Morgan fingerprint density at radius 3 is 1.74 bits per heavy atom. The lowest BCUT2D eigenvalue weighted by Gasteiger charge is -2.42. The second-order valence-electron chi connectivity index (χ2n) is 11.4. The van der Waals surface area contributed by atoms with Crippen molar-refractivity contribution in [2.45, 2.75) is 106 Å². The zero-order valence-electron chi connectivity index (χ0n) is 23.6. The minimum atomic E-state index is 0.318. The van der Waals surface area contributed by atoms with Gasteiger partial charge in [0.2, 0.25) is 0 Å². The molecule has 194 valence electrons. The van der Waals surface area contributed by atoms with Gasteiger partial charge in [0, 0.05) is 38.8 Å². The maximum Gasteiger partial charge on any atom is 0.122 e. The first-order valence-electron chi connectivity index (χ1n) is 13.6. The quantitative estimate of drug-likeness (QED) is 0.424. The maximum atomic E-state index is 10.9. The largest absolute Gasteiger partial charge is 0.507 e. The van der Waals surface area contributed by atoms with E-state index in [0.717, 1.165) is 61.4 Å². The molecule has 1 fully saturated rings. The molecule has 4 nitrogen and oxygen atoms in total. The lowest BCUT2D eigenvalue weighted by atomic mass is 9.91. The van der Waals surface area contributed by atoms with Crippen LogP contribution in [0.3, 0.4) is 0 Å². The number of phenols is 2. The molecular formula is C31H48N2O2. The lowest BCUT2D eigenvalue weighted by molar-refractivity contribution is 0.0586. The van der Waals surface area contributed by atoms with Crippen molar-refractivity contribution in [1.29, 1.82) is 0 Å². The second kappa shape index (κ2) is 11.3. The van der Waals surface area contributed by atoms with Crippen molar-refractivity contribution in [2.75, 3.05) is 19.6 Å². The molecule has 1 aliphatic heterocycles. The van der Waals surface area contributed by atoms with E-state index in [4.69, 9.17) is 0 Å². The number of hydrogen-bond acceptors (Lipinski definition) is 4. The predicted molar refractivity (Wildman–Crippen MR) is 148 cm³/mol. The van der Waals surface area contributed by atoms with Crippen LogP contribution in [0, 0.1) is 27.7 Å². The van der Waals surface area contributed by atoms with E-state index in [0.29, 0.717) is 29.4 Å². The molecule has 35 heavy (non-hydrogen) atoms. The number of rotatable bonds is 8. The highest BCUT2D eigenvalue weighted by atomic mass is 16.3. The minimum absolute atomic E-state index is 0.318. The Morgan fingerprint density at radius 2 is 1.29 bits per heavy atom. The maximum absolute atomic E-state index is 10.9. The standard InChI is InChI=1S/C31H48N2O2/c1-10-11-25-16-32(17-28-21(6)14-26(19(2)3)30(34)23(28)8)12-13-33(25)18-29-22(7)15-27(20(4)5)31(35)24(29)9/h14-15,19-20,25,34-35H,10-13,16-18H2,1-9H3. The van der Waals surface area contributed by atoms with Crippen molar-refractivity contribution in [1.82, 2.24) is 9.80 Å². The molecule has 0 spiro atoms. The second-order valence-corrected chi connectivity index (χ2v) is 11.4. The molecule has 0 aromatic heterocycles. The molecule has 2 aromatic carbocycles. The molecule has 0 radical (unpaired) electrons. The highest BCUT2D eigenvalue weighted by Gasteiger charge is 2.29. The first kappa shape index (κ1) is 27.5. The highest BCUT2D eigenvalue weighted by Crippen LogP contribution is 2.36. The van der Waals surface area contributed by atoms with Crippen LogP contribution in [0.4, 0.5) is 0 Å². The number of piperazine rings is 1. The van der Waals surface area contributed by atoms with Gasteiger partial charge in [0.05, 0.1) is 0 Å². The Bertz CT molecular complexity index is 1040. The molecule has 0 aliphatic carbocycles. The van der Waals surface area contributed by atoms with Gasteiger partial charge in [0.1, 0.15) is 11.5 Å². The fourth-order valence-electron chi connectivity index (χ4n) is 5.80. The number of hydrogen-bond donors (Lipinski definition) is 2. The summed E-state index contributed by atoms with van der Waals surface area (Å²) in [5, 5.41) is 21.7. The Balaban J connectivity index is 1.80. The molecule has 1 saturated heterocycles. The fraction of sp³-hybridized carbons (Fsp3) is 0.613. The Labute approximate surface area is 214 Å². The van der Waals surface area contributed by atoms with E-state index in [1.54, 1.807) is 0 Å². The third-order valence-electron chi connectivity index (χ3n) is 8.16. The van der Waals surface area contributed by atoms with Gasteiger partial charge in [0.25, 0.3) is 0 Å². The molecule has 0 amide bonds. The highest BCUT2D eigenvalue weighted by molar-refractivity contribution is 5.51. The summed E-state index contributed by atoms with van der Waals surface area (Å²) in [6, 6.07) is 4.86. The molecule has 1 atom stereocenters. The van der Waals surface area contributed by atoms with Crippen LogP contribution in [0.2, 0.25) is 0 Å². The Hall–Kier alpha value is -2.04. The average Bonchev–Trinajstić information content (AvgIpc) is 2.80. The van der Waals surface area contributed by atoms with E-state index >= 15 is 0 Å². The Morgan fingerprint density at radius 1 is 0.800 bits per heavy atom. The van der Waals surface area contributed by atoms with Gasteiger partial charge in [-0.2, -0.15) is 0 Å². The van der Waals surface area contributed by atoms with Crippen molar-refractivity contribution in [2.24, 2.45) is 0 Å². The van der Waals surface area contributed by atoms with Crippen LogP contribution in [0.25, 0.3) is 0 Å². The fourth-order valence-corrected chi connectivity index (χ4v) is 5.80. The SMILES string of the molecule is CCCC1CN(Cc2c(C)cc(C(C)C)c(O)c2C)CCN1Cc1c(C)cc(C(C)C)c(O)c1C. The monoisotopic (exact) mass is 480 g/mol. The van der Waals surface area contributed by atoms with Crippen molar-refractivity contribution in [3.8, 4) is 11.5 Å². The minimum Gasteiger partial charge on any atom is -0.507 e. The van der Waals surface area contributed by atoms with Gasteiger partial charge < -0.3 is 10.2 Å². The summed E-state index contributed by atoms with van der Waals surface area (Å²) >= 11 is 0. The van der Waals surface area contributed by atoms with Crippen LogP contribution in [-0.4, -0.2) is 45.7 Å². The van der Waals surface area contributed by atoms with Crippen LogP contribution >= 0.6 is 0 Å². The van der Waals surface area contributed by atoms with Crippen molar-refractivity contribution < 1.29 is 10.2 Å². The first-order valence-corrected chi connectivity index (χ1v) is 13.6. The first-order chi connectivity index (χ1) is 16.5. The van der Waals surface area contributed by atoms with E-state index in [-0.39, 0.29) is 0 Å². The zero-order chi connectivity index (χ0) is 26.0.